The molecular weight excluding hydrogens is 502 g/mol. The molecule has 5 rings (SSSR count). The average Bonchev–Trinajstić information content (AvgIpc) is 3.27. The van der Waals surface area contributed by atoms with Crippen LogP contribution in [-0.2, 0) is 14.8 Å². The van der Waals surface area contributed by atoms with Gasteiger partial charge in [0, 0.05) is 23.6 Å². The zero-order chi connectivity index (χ0) is 25.4. The number of hydrogen-bond acceptors (Lipinski definition) is 5. The largest absolute Gasteiger partial charge is 0.484 e. The smallest absolute Gasteiger partial charge is 0.264 e. The van der Waals surface area contributed by atoms with Crippen LogP contribution in [-0.4, -0.2) is 50.9 Å². The lowest BCUT2D eigenvalue weighted by molar-refractivity contribution is -0.128. The molecule has 1 fully saturated rings. The first kappa shape index (κ1) is 24.1. The van der Waals surface area contributed by atoms with Gasteiger partial charge in [-0.15, -0.1) is 0 Å². The Morgan fingerprint density at radius 2 is 1.89 bits per heavy atom. The molecule has 186 valence electrons. The fourth-order valence-corrected chi connectivity index (χ4v) is 6.45. The lowest BCUT2D eigenvalue weighted by Crippen LogP contribution is -2.48. The number of nitrogens with zero attached hydrogens (tertiary/aromatic N) is 2. The molecule has 0 aromatic heterocycles. The Kier molecular flexibility index (Phi) is 6.36. The van der Waals surface area contributed by atoms with Crippen LogP contribution in [0.3, 0.4) is 0 Å². The van der Waals surface area contributed by atoms with Crippen LogP contribution in [0.15, 0.2) is 71.6 Å². The van der Waals surface area contributed by atoms with Gasteiger partial charge < -0.3 is 15.4 Å². The van der Waals surface area contributed by atoms with E-state index in [1.165, 1.54) is 16.4 Å². The fourth-order valence-electron chi connectivity index (χ4n) is 4.65. The molecule has 36 heavy (non-hydrogen) atoms. The summed E-state index contributed by atoms with van der Waals surface area (Å²) in [5.41, 5.74) is 7.42. The molecule has 2 heterocycles. The summed E-state index contributed by atoms with van der Waals surface area (Å²) in [6, 6.07) is 18.1. The molecule has 1 atom stereocenters. The average molecular weight is 526 g/mol. The standard InChI is InChI=1S/C26H24ClN3O5S/c27-18-5-3-6-20(14-18)36(33,34)30-16-19(15-29-12-4-9-25(29)31)35-24-11-10-17(13-23(24)30)21-7-1-2-8-22(21)26(28)32/h1-3,5-8,10-11,13-14,19H,4,9,12,15-16H2,(H2,28,32)/t19-/m0/s1. The maximum absolute atomic E-state index is 13.8. The lowest BCUT2D eigenvalue weighted by atomic mass is 9.98. The van der Waals surface area contributed by atoms with E-state index >= 15 is 0 Å². The highest BCUT2D eigenvalue weighted by molar-refractivity contribution is 7.92. The molecule has 0 radical (unpaired) electrons. The first-order valence-corrected chi connectivity index (χ1v) is 13.3. The summed E-state index contributed by atoms with van der Waals surface area (Å²) < 4.78 is 35.1. The lowest BCUT2D eigenvalue weighted by Gasteiger charge is -2.37. The molecule has 3 aromatic rings. The number of primary amides is 1. The van der Waals surface area contributed by atoms with Crippen molar-refractivity contribution in [3.05, 3.63) is 77.3 Å². The van der Waals surface area contributed by atoms with E-state index in [1.54, 1.807) is 59.5 Å². The minimum atomic E-state index is -4.03. The van der Waals surface area contributed by atoms with Crippen molar-refractivity contribution < 1.29 is 22.7 Å². The van der Waals surface area contributed by atoms with E-state index in [2.05, 4.69) is 0 Å². The van der Waals surface area contributed by atoms with Crippen LogP contribution in [0.1, 0.15) is 23.2 Å². The molecule has 0 bridgehead atoms. The van der Waals surface area contributed by atoms with Gasteiger partial charge in [0.05, 0.1) is 23.7 Å². The van der Waals surface area contributed by atoms with Gasteiger partial charge in [0.2, 0.25) is 11.8 Å². The summed E-state index contributed by atoms with van der Waals surface area (Å²) in [4.78, 5) is 26.0. The first-order chi connectivity index (χ1) is 17.2. The Bertz CT molecular complexity index is 1460. The van der Waals surface area contributed by atoms with Gasteiger partial charge >= 0.3 is 0 Å². The van der Waals surface area contributed by atoms with Crippen LogP contribution in [0.4, 0.5) is 5.69 Å². The number of benzene rings is 3. The van der Waals surface area contributed by atoms with E-state index in [4.69, 9.17) is 22.1 Å². The monoisotopic (exact) mass is 525 g/mol. The Morgan fingerprint density at radius 1 is 1.08 bits per heavy atom. The number of sulfonamides is 1. The number of carbonyl (C=O) groups is 2. The number of ether oxygens (including phenoxy) is 1. The minimum Gasteiger partial charge on any atom is -0.484 e. The second-order valence-electron chi connectivity index (χ2n) is 8.77. The first-order valence-electron chi connectivity index (χ1n) is 11.5. The van der Waals surface area contributed by atoms with Crippen molar-refractivity contribution >= 4 is 39.1 Å². The number of nitrogens with two attached hydrogens (primary N) is 1. The summed E-state index contributed by atoms with van der Waals surface area (Å²) in [5.74, 6) is -0.186. The second-order valence-corrected chi connectivity index (χ2v) is 11.1. The molecule has 2 N–H and O–H groups in total. The maximum Gasteiger partial charge on any atom is 0.264 e. The molecule has 2 amide bonds. The van der Waals surface area contributed by atoms with E-state index in [0.29, 0.717) is 46.1 Å². The van der Waals surface area contributed by atoms with Gasteiger partial charge in [-0.2, -0.15) is 0 Å². The summed E-state index contributed by atoms with van der Waals surface area (Å²) >= 11 is 6.10. The van der Waals surface area contributed by atoms with Crippen molar-refractivity contribution in [2.24, 2.45) is 5.73 Å². The topological polar surface area (TPSA) is 110 Å². The van der Waals surface area contributed by atoms with Crippen molar-refractivity contribution in [3.8, 4) is 16.9 Å². The number of rotatable bonds is 6. The highest BCUT2D eigenvalue weighted by Crippen LogP contribution is 2.41. The van der Waals surface area contributed by atoms with E-state index in [1.807, 2.05) is 0 Å². The number of hydrogen-bond donors (Lipinski definition) is 1. The molecule has 0 unspecified atom stereocenters. The van der Waals surface area contributed by atoms with E-state index < -0.39 is 22.0 Å². The van der Waals surface area contributed by atoms with Gasteiger partial charge in [0.25, 0.3) is 10.0 Å². The molecule has 0 aliphatic carbocycles. The predicted molar refractivity (Wildman–Crippen MR) is 137 cm³/mol. The molecule has 1 saturated heterocycles. The fraction of sp³-hybridized carbons (Fsp3) is 0.231. The van der Waals surface area contributed by atoms with Gasteiger partial charge in [-0.1, -0.05) is 41.9 Å². The van der Waals surface area contributed by atoms with Crippen molar-refractivity contribution in [1.29, 1.82) is 0 Å². The Balaban J connectivity index is 1.60. The molecular formula is C26H24ClN3O5S. The molecule has 10 heteroatoms. The van der Waals surface area contributed by atoms with Crippen molar-refractivity contribution in [1.82, 2.24) is 4.90 Å². The van der Waals surface area contributed by atoms with Crippen molar-refractivity contribution in [2.45, 2.75) is 23.8 Å². The molecule has 2 aliphatic heterocycles. The Morgan fingerprint density at radius 3 is 2.61 bits per heavy atom. The number of fused-ring (bicyclic) bond motifs is 1. The summed E-state index contributed by atoms with van der Waals surface area (Å²) in [6.07, 6.45) is 0.698. The van der Waals surface area contributed by atoms with Gasteiger partial charge in [-0.25, -0.2) is 8.42 Å². The predicted octanol–water partition coefficient (Wildman–Crippen LogP) is 3.68. The highest BCUT2D eigenvalue weighted by Gasteiger charge is 2.37. The van der Waals surface area contributed by atoms with Crippen molar-refractivity contribution in [2.75, 3.05) is 23.9 Å². The van der Waals surface area contributed by atoms with Crippen LogP contribution in [0.25, 0.3) is 11.1 Å². The molecule has 3 aromatic carbocycles. The quantitative estimate of drug-likeness (QED) is 0.528. The Labute approximate surface area is 214 Å². The second kappa shape index (κ2) is 9.48. The van der Waals surface area contributed by atoms with Crippen LogP contribution in [0.2, 0.25) is 5.02 Å². The maximum atomic E-state index is 13.8. The SMILES string of the molecule is NC(=O)c1ccccc1-c1ccc2c(c1)N(S(=O)(=O)c1cccc(Cl)c1)C[C@H](CN1CCCC1=O)O2. The van der Waals surface area contributed by atoms with E-state index in [-0.39, 0.29) is 23.9 Å². The number of amides is 2. The zero-order valence-corrected chi connectivity index (χ0v) is 20.8. The molecule has 2 aliphatic rings. The van der Waals surface area contributed by atoms with Crippen LogP contribution >= 0.6 is 11.6 Å². The van der Waals surface area contributed by atoms with Crippen molar-refractivity contribution in [3.63, 3.8) is 0 Å². The highest BCUT2D eigenvalue weighted by atomic mass is 35.5. The summed E-state index contributed by atoms with van der Waals surface area (Å²) in [5, 5.41) is 0.299. The van der Waals surface area contributed by atoms with Gasteiger partial charge in [-0.3, -0.25) is 13.9 Å². The van der Waals surface area contributed by atoms with Crippen LogP contribution in [0.5, 0.6) is 5.75 Å². The van der Waals surface area contributed by atoms with Gasteiger partial charge in [0.1, 0.15) is 11.9 Å². The zero-order valence-electron chi connectivity index (χ0n) is 19.3. The van der Waals surface area contributed by atoms with E-state index in [0.717, 1.165) is 6.42 Å². The minimum absolute atomic E-state index is 0.00649. The van der Waals surface area contributed by atoms with Crippen LogP contribution in [0, 0.1) is 0 Å². The third-order valence-electron chi connectivity index (χ3n) is 6.37. The normalized spacial score (nSPS) is 17.6. The van der Waals surface area contributed by atoms with Crippen LogP contribution < -0.4 is 14.8 Å². The molecule has 0 spiro atoms. The third-order valence-corrected chi connectivity index (χ3v) is 8.38. The number of halogens is 1. The summed E-state index contributed by atoms with van der Waals surface area (Å²) in [6.45, 7) is 0.911. The van der Waals surface area contributed by atoms with Gasteiger partial charge in [0.15, 0.2) is 0 Å². The number of anilines is 1. The van der Waals surface area contributed by atoms with Gasteiger partial charge in [-0.05, 0) is 53.9 Å². The van der Waals surface area contributed by atoms with E-state index in [9.17, 15) is 18.0 Å². The molecule has 0 saturated carbocycles. The number of carbonyl (C=O) groups excluding carboxylic acids is 2. The molecule has 8 nitrogen and oxygen atoms in total. The number of likely N-dealkylation sites (tertiary alicyclic amines) is 1. The summed E-state index contributed by atoms with van der Waals surface area (Å²) in [7, 11) is -4.03. The Hall–Kier alpha value is -3.56. The third kappa shape index (κ3) is 4.52.